The Morgan fingerprint density at radius 2 is 2.47 bits per heavy atom. The van der Waals surface area contributed by atoms with E-state index in [0.29, 0.717) is 12.1 Å². The summed E-state index contributed by atoms with van der Waals surface area (Å²) in [7, 11) is 1.85. The predicted octanol–water partition coefficient (Wildman–Crippen LogP) is 1.41. The van der Waals surface area contributed by atoms with E-state index in [4.69, 9.17) is 0 Å². The lowest BCUT2D eigenvalue weighted by Gasteiger charge is -2.03. The Kier molecular flexibility index (Phi) is 2.82. The summed E-state index contributed by atoms with van der Waals surface area (Å²) in [6, 6.07) is 3.69. The van der Waals surface area contributed by atoms with Crippen molar-refractivity contribution in [1.82, 2.24) is 15.1 Å². The molecule has 0 unspecified atom stereocenters. The van der Waals surface area contributed by atoms with Gasteiger partial charge in [-0.1, -0.05) is 0 Å². The number of nitrogens with zero attached hydrogens (tertiary/aromatic N) is 2. The fourth-order valence-corrected chi connectivity index (χ4v) is 1.88. The molecule has 2 aromatic rings. The lowest BCUT2D eigenvalue weighted by molar-refractivity contribution is 0.0950. The van der Waals surface area contributed by atoms with Crippen molar-refractivity contribution in [2.75, 3.05) is 0 Å². The molecule has 2 heterocycles. The highest BCUT2D eigenvalue weighted by atomic mass is 32.1. The molecule has 0 radical (unpaired) electrons. The van der Waals surface area contributed by atoms with E-state index < -0.39 is 0 Å². The van der Waals surface area contributed by atoms with Crippen molar-refractivity contribution < 1.29 is 4.79 Å². The average molecular weight is 221 g/mol. The summed E-state index contributed by atoms with van der Waals surface area (Å²) in [6.45, 7) is 0.505. The number of nitrogens with one attached hydrogen (secondary N) is 1. The molecule has 0 fully saturated rings. The molecule has 4 nitrogen and oxygen atoms in total. The lowest BCUT2D eigenvalue weighted by atomic mass is 10.3. The highest BCUT2D eigenvalue weighted by molar-refractivity contribution is 7.08. The van der Waals surface area contributed by atoms with E-state index in [-0.39, 0.29) is 5.91 Å². The van der Waals surface area contributed by atoms with Crippen LogP contribution in [-0.2, 0) is 13.6 Å². The Bertz CT molecular complexity index is 447. The average Bonchev–Trinajstić information content (AvgIpc) is 2.85. The zero-order valence-corrected chi connectivity index (χ0v) is 9.12. The zero-order chi connectivity index (χ0) is 10.7. The van der Waals surface area contributed by atoms with Crippen molar-refractivity contribution in [3.8, 4) is 0 Å². The summed E-state index contributed by atoms with van der Waals surface area (Å²) < 4.78 is 1.74. The molecule has 5 heteroatoms. The maximum Gasteiger partial charge on any atom is 0.252 e. The fraction of sp³-hybridized carbons (Fsp3) is 0.200. The molecule has 0 aliphatic carbocycles. The first-order valence-corrected chi connectivity index (χ1v) is 5.49. The second-order valence-corrected chi connectivity index (χ2v) is 3.92. The second kappa shape index (κ2) is 4.27. The number of hydrogen-bond acceptors (Lipinski definition) is 3. The first-order valence-electron chi connectivity index (χ1n) is 4.54. The van der Waals surface area contributed by atoms with Crippen LogP contribution in [0.5, 0.6) is 0 Å². The summed E-state index contributed by atoms with van der Waals surface area (Å²) in [5.41, 5.74) is 1.70. The molecule has 0 saturated carbocycles. The number of rotatable bonds is 3. The lowest BCUT2D eigenvalue weighted by Crippen LogP contribution is -2.23. The molecular weight excluding hydrogens is 210 g/mol. The Hall–Kier alpha value is -1.62. The number of thiophene rings is 1. The largest absolute Gasteiger partial charge is 0.346 e. The van der Waals surface area contributed by atoms with Crippen molar-refractivity contribution in [2.45, 2.75) is 6.54 Å². The highest BCUT2D eigenvalue weighted by Gasteiger charge is 2.06. The van der Waals surface area contributed by atoms with Crippen LogP contribution in [-0.4, -0.2) is 15.7 Å². The van der Waals surface area contributed by atoms with E-state index in [1.54, 1.807) is 10.9 Å². The topological polar surface area (TPSA) is 46.9 Å². The monoisotopic (exact) mass is 221 g/mol. The second-order valence-electron chi connectivity index (χ2n) is 3.14. The number of aromatic nitrogens is 2. The highest BCUT2D eigenvalue weighted by Crippen LogP contribution is 2.05. The van der Waals surface area contributed by atoms with E-state index in [1.165, 1.54) is 11.3 Å². The molecule has 0 atom stereocenters. The van der Waals surface area contributed by atoms with Crippen LogP contribution in [0.4, 0.5) is 0 Å². The minimum Gasteiger partial charge on any atom is -0.346 e. The molecule has 0 aliphatic rings. The standard InChI is InChI=1S/C10H11N3OS/c1-13-9(2-4-12-13)6-11-10(14)8-3-5-15-7-8/h2-5,7H,6H2,1H3,(H,11,14). The molecule has 0 aliphatic heterocycles. The number of amides is 1. The summed E-state index contributed by atoms with van der Waals surface area (Å²) in [6.07, 6.45) is 1.71. The van der Waals surface area contributed by atoms with Gasteiger partial charge in [-0.05, 0) is 17.5 Å². The Balaban J connectivity index is 1.95. The third-order valence-corrected chi connectivity index (χ3v) is 2.82. The van der Waals surface area contributed by atoms with Gasteiger partial charge in [0, 0.05) is 24.2 Å². The van der Waals surface area contributed by atoms with Gasteiger partial charge in [-0.15, -0.1) is 0 Å². The Morgan fingerprint density at radius 3 is 3.07 bits per heavy atom. The number of carbonyl (C=O) groups is 1. The maximum atomic E-state index is 11.6. The van der Waals surface area contributed by atoms with Gasteiger partial charge in [-0.2, -0.15) is 16.4 Å². The van der Waals surface area contributed by atoms with Crippen LogP contribution in [0, 0.1) is 0 Å². The van der Waals surface area contributed by atoms with Crippen LogP contribution >= 0.6 is 11.3 Å². The van der Waals surface area contributed by atoms with Crippen LogP contribution in [0.3, 0.4) is 0 Å². The van der Waals surface area contributed by atoms with Gasteiger partial charge in [0.1, 0.15) is 0 Å². The SMILES string of the molecule is Cn1nccc1CNC(=O)c1ccsc1. The van der Waals surface area contributed by atoms with Gasteiger partial charge in [-0.3, -0.25) is 9.48 Å². The normalized spacial score (nSPS) is 10.2. The van der Waals surface area contributed by atoms with Crippen LogP contribution < -0.4 is 5.32 Å². The molecule has 1 N–H and O–H groups in total. The molecule has 2 rings (SSSR count). The molecule has 0 aromatic carbocycles. The number of carbonyl (C=O) groups excluding carboxylic acids is 1. The number of hydrogen-bond donors (Lipinski definition) is 1. The van der Waals surface area contributed by atoms with Gasteiger partial charge < -0.3 is 5.32 Å². The van der Waals surface area contributed by atoms with Crippen molar-refractivity contribution in [2.24, 2.45) is 7.05 Å². The van der Waals surface area contributed by atoms with Gasteiger partial charge in [-0.25, -0.2) is 0 Å². The number of aryl methyl sites for hydroxylation is 1. The van der Waals surface area contributed by atoms with Gasteiger partial charge >= 0.3 is 0 Å². The molecule has 0 saturated heterocycles. The van der Waals surface area contributed by atoms with Crippen LogP contribution in [0.1, 0.15) is 16.1 Å². The zero-order valence-electron chi connectivity index (χ0n) is 8.30. The van der Waals surface area contributed by atoms with E-state index in [9.17, 15) is 4.79 Å². The summed E-state index contributed by atoms with van der Waals surface area (Å²) >= 11 is 1.52. The molecule has 78 valence electrons. The molecule has 0 bridgehead atoms. The van der Waals surface area contributed by atoms with Gasteiger partial charge in [0.2, 0.25) is 0 Å². The third kappa shape index (κ3) is 2.24. The molecule has 0 spiro atoms. The van der Waals surface area contributed by atoms with Crippen LogP contribution in [0.25, 0.3) is 0 Å². The van der Waals surface area contributed by atoms with Crippen LogP contribution in [0.2, 0.25) is 0 Å². The quantitative estimate of drug-likeness (QED) is 0.852. The molecule has 1 amide bonds. The summed E-state index contributed by atoms with van der Waals surface area (Å²) in [5, 5.41) is 10.6. The fourth-order valence-electron chi connectivity index (χ4n) is 1.24. The molecular formula is C10H11N3OS. The first-order chi connectivity index (χ1) is 7.27. The van der Waals surface area contributed by atoms with Crippen molar-refractivity contribution in [3.05, 3.63) is 40.3 Å². The summed E-state index contributed by atoms with van der Waals surface area (Å²) in [4.78, 5) is 11.6. The minimum absolute atomic E-state index is 0.0440. The Morgan fingerprint density at radius 1 is 1.60 bits per heavy atom. The van der Waals surface area contributed by atoms with Crippen LogP contribution in [0.15, 0.2) is 29.1 Å². The maximum absolute atomic E-state index is 11.6. The molecule has 15 heavy (non-hydrogen) atoms. The van der Waals surface area contributed by atoms with Gasteiger partial charge in [0.15, 0.2) is 0 Å². The van der Waals surface area contributed by atoms with E-state index in [2.05, 4.69) is 10.4 Å². The molecule has 2 aromatic heterocycles. The Labute approximate surface area is 91.5 Å². The van der Waals surface area contributed by atoms with Crippen molar-refractivity contribution in [1.29, 1.82) is 0 Å². The third-order valence-electron chi connectivity index (χ3n) is 2.14. The smallest absolute Gasteiger partial charge is 0.252 e. The van der Waals surface area contributed by atoms with E-state index in [0.717, 1.165) is 5.69 Å². The van der Waals surface area contributed by atoms with Crippen molar-refractivity contribution >= 4 is 17.2 Å². The minimum atomic E-state index is -0.0440. The predicted molar refractivity (Wildman–Crippen MR) is 58.7 cm³/mol. The summed E-state index contributed by atoms with van der Waals surface area (Å²) in [5.74, 6) is -0.0440. The van der Waals surface area contributed by atoms with Gasteiger partial charge in [0.25, 0.3) is 5.91 Å². The van der Waals surface area contributed by atoms with E-state index in [1.807, 2.05) is 29.9 Å². The van der Waals surface area contributed by atoms with E-state index >= 15 is 0 Å². The van der Waals surface area contributed by atoms with Crippen molar-refractivity contribution in [3.63, 3.8) is 0 Å². The van der Waals surface area contributed by atoms with Gasteiger partial charge in [0.05, 0.1) is 12.2 Å². The first kappa shape index (κ1) is 9.92.